The van der Waals surface area contributed by atoms with Gasteiger partial charge in [0, 0.05) is 0 Å². The first kappa shape index (κ1) is 18.1. The summed E-state index contributed by atoms with van der Waals surface area (Å²) in [4.78, 5) is 11.8. The lowest BCUT2D eigenvalue weighted by molar-refractivity contribution is -0.336. The van der Waals surface area contributed by atoms with Crippen LogP contribution in [0, 0.1) is 5.92 Å². The maximum absolute atomic E-state index is 11.8. The van der Waals surface area contributed by atoms with Crippen LogP contribution in [0.15, 0.2) is 36.1 Å². The van der Waals surface area contributed by atoms with Crippen molar-refractivity contribution >= 4 is 5.97 Å². The molecule has 0 bridgehead atoms. The van der Waals surface area contributed by atoms with Crippen molar-refractivity contribution < 1.29 is 44.2 Å². The van der Waals surface area contributed by atoms with Gasteiger partial charge < -0.3 is 39.4 Å². The average molecular weight is 356 g/mol. The summed E-state index contributed by atoms with van der Waals surface area (Å²) < 4.78 is 21.2. The lowest BCUT2D eigenvalue weighted by atomic mass is 9.89. The molecule has 4 N–H and O–H groups in total. The van der Waals surface area contributed by atoms with Gasteiger partial charge in [-0.3, -0.25) is 0 Å². The smallest absolute Gasteiger partial charge is 0.341 e. The van der Waals surface area contributed by atoms with Gasteiger partial charge in [0.25, 0.3) is 0 Å². The zero-order chi connectivity index (χ0) is 18.1. The van der Waals surface area contributed by atoms with Gasteiger partial charge in [-0.05, 0) is 11.6 Å². The van der Waals surface area contributed by atoms with E-state index in [4.69, 9.17) is 18.9 Å². The van der Waals surface area contributed by atoms with Gasteiger partial charge >= 0.3 is 5.97 Å². The Labute approximate surface area is 143 Å². The Morgan fingerprint density at radius 2 is 2.00 bits per heavy atom. The molecule has 0 radical (unpaired) electrons. The van der Waals surface area contributed by atoms with Crippen LogP contribution in [-0.4, -0.2) is 76.6 Å². The van der Waals surface area contributed by atoms with Crippen molar-refractivity contribution in [1.82, 2.24) is 0 Å². The minimum atomic E-state index is -1.56. The van der Waals surface area contributed by atoms with Crippen LogP contribution in [-0.2, 0) is 23.7 Å². The molecule has 3 aliphatic heterocycles. The molecule has 3 aliphatic rings. The van der Waals surface area contributed by atoms with E-state index in [1.165, 1.54) is 12.3 Å². The Hall–Kier alpha value is -1.75. The van der Waals surface area contributed by atoms with Crippen LogP contribution in [0.4, 0.5) is 0 Å². The molecule has 0 aromatic rings. The molecule has 9 nitrogen and oxygen atoms in total. The van der Waals surface area contributed by atoms with E-state index in [9.17, 15) is 25.2 Å². The quantitative estimate of drug-likeness (QED) is 0.344. The molecule has 0 aliphatic carbocycles. The number of aliphatic hydroxyl groups excluding tert-OH is 4. The molecule has 0 aromatic heterocycles. The maximum atomic E-state index is 11.8. The largest absolute Gasteiger partial charge is 0.471 e. The van der Waals surface area contributed by atoms with Gasteiger partial charge in [0.1, 0.15) is 37.3 Å². The Morgan fingerprint density at radius 3 is 2.68 bits per heavy atom. The van der Waals surface area contributed by atoms with E-state index in [1.54, 1.807) is 6.08 Å². The van der Waals surface area contributed by atoms with Gasteiger partial charge in [-0.25, -0.2) is 4.79 Å². The fourth-order valence-corrected chi connectivity index (χ4v) is 2.98. The summed E-state index contributed by atoms with van der Waals surface area (Å²) in [6, 6.07) is 0. The SMILES string of the molecule is C=C[C@@H]1C2=CCOC(=O)C2=CO[C@H]1O[C@H]1O[C@H](CO)[C@@H](O)[C@H](O)[C@H]1O. The van der Waals surface area contributed by atoms with Crippen LogP contribution in [0.1, 0.15) is 0 Å². The third kappa shape index (κ3) is 3.22. The first-order chi connectivity index (χ1) is 12.0. The summed E-state index contributed by atoms with van der Waals surface area (Å²) in [5, 5.41) is 38.9. The first-order valence-corrected chi connectivity index (χ1v) is 7.79. The van der Waals surface area contributed by atoms with Crippen molar-refractivity contribution in [3.8, 4) is 0 Å². The van der Waals surface area contributed by atoms with Crippen molar-refractivity contribution in [3.05, 3.63) is 36.1 Å². The molecule has 0 unspecified atom stereocenters. The second kappa shape index (κ2) is 7.24. The second-order valence-corrected chi connectivity index (χ2v) is 5.89. The molecule has 1 fully saturated rings. The van der Waals surface area contributed by atoms with Gasteiger partial charge in [-0.2, -0.15) is 0 Å². The molecule has 3 rings (SSSR count). The van der Waals surface area contributed by atoms with Crippen LogP contribution in [0.2, 0.25) is 0 Å². The van der Waals surface area contributed by atoms with Crippen molar-refractivity contribution in [2.45, 2.75) is 37.0 Å². The van der Waals surface area contributed by atoms with E-state index in [0.717, 1.165) is 0 Å². The number of ether oxygens (including phenoxy) is 4. The van der Waals surface area contributed by atoms with Crippen molar-refractivity contribution in [2.75, 3.05) is 13.2 Å². The van der Waals surface area contributed by atoms with Gasteiger partial charge in [-0.1, -0.05) is 6.08 Å². The minimum Gasteiger partial charge on any atom is -0.471 e. The predicted octanol–water partition coefficient (Wildman–Crippen LogP) is -1.67. The summed E-state index contributed by atoms with van der Waals surface area (Å²) in [5.74, 6) is -1.06. The molecule has 0 amide bonds. The molecule has 3 heterocycles. The molecule has 0 aromatic carbocycles. The summed E-state index contributed by atoms with van der Waals surface area (Å²) in [6.07, 6.45) is -3.61. The monoisotopic (exact) mass is 356 g/mol. The Balaban J connectivity index is 1.78. The van der Waals surface area contributed by atoms with Gasteiger partial charge in [0.15, 0.2) is 6.29 Å². The van der Waals surface area contributed by atoms with E-state index >= 15 is 0 Å². The fourth-order valence-electron chi connectivity index (χ4n) is 2.98. The third-order valence-electron chi connectivity index (χ3n) is 4.39. The van der Waals surface area contributed by atoms with E-state index in [2.05, 4.69) is 6.58 Å². The van der Waals surface area contributed by atoms with E-state index in [0.29, 0.717) is 5.57 Å². The van der Waals surface area contributed by atoms with Crippen LogP contribution in [0.5, 0.6) is 0 Å². The summed E-state index contributed by atoms with van der Waals surface area (Å²) in [6.45, 7) is 3.25. The van der Waals surface area contributed by atoms with Crippen LogP contribution < -0.4 is 0 Å². The number of carbonyl (C=O) groups is 1. The summed E-state index contributed by atoms with van der Waals surface area (Å²) >= 11 is 0. The molecule has 25 heavy (non-hydrogen) atoms. The predicted molar refractivity (Wildman–Crippen MR) is 80.5 cm³/mol. The Morgan fingerprint density at radius 1 is 1.24 bits per heavy atom. The van der Waals surface area contributed by atoms with Crippen molar-refractivity contribution in [2.24, 2.45) is 5.92 Å². The minimum absolute atomic E-state index is 0.114. The highest BCUT2D eigenvalue weighted by Gasteiger charge is 2.46. The van der Waals surface area contributed by atoms with E-state index in [1.807, 2.05) is 0 Å². The van der Waals surface area contributed by atoms with Crippen LogP contribution in [0.3, 0.4) is 0 Å². The van der Waals surface area contributed by atoms with Crippen LogP contribution >= 0.6 is 0 Å². The molecular formula is C16H20O9. The number of hydrogen-bond donors (Lipinski definition) is 4. The van der Waals surface area contributed by atoms with E-state index < -0.39 is 55.5 Å². The number of esters is 1. The fraction of sp³-hybridized carbons (Fsp3) is 0.562. The molecule has 7 atom stereocenters. The standard InChI is InChI=1S/C16H20O9/c1-2-7-8-3-4-22-14(21)9(8)6-23-15(7)25-16-13(20)12(19)11(18)10(5-17)24-16/h2-3,6-7,10-13,15-20H,1,4-5H2/t7-,10-,11-,12+,13-,15+,16-/m1/s1. The average Bonchev–Trinajstić information content (AvgIpc) is 2.62. The zero-order valence-corrected chi connectivity index (χ0v) is 13.2. The molecular weight excluding hydrogens is 336 g/mol. The van der Waals surface area contributed by atoms with Crippen LogP contribution in [0.25, 0.3) is 0 Å². The lowest BCUT2D eigenvalue weighted by Gasteiger charge is -2.42. The molecule has 9 heteroatoms. The molecule has 138 valence electrons. The first-order valence-electron chi connectivity index (χ1n) is 7.79. The normalized spacial score (nSPS) is 41.0. The Kier molecular flexibility index (Phi) is 5.23. The molecule has 0 spiro atoms. The number of aliphatic hydroxyl groups is 4. The number of fused-ring (bicyclic) bond motifs is 1. The van der Waals surface area contributed by atoms with Crippen molar-refractivity contribution in [3.63, 3.8) is 0 Å². The van der Waals surface area contributed by atoms with Gasteiger partial charge in [0.2, 0.25) is 6.29 Å². The van der Waals surface area contributed by atoms with Crippen molar-refractivity contribution in [1.29, 1.82) is 0 Å². The summed E-state index contributed by atoms with van der Waals surface area (Å²) in [5.41, 5.74) is 0.872. The highest BCUT2D eigenvalue weighted by atomic mass is 16.8. The topological polar surface area (TPSA) is 135 Å². The van der Waals surface area contributed by atoms with E-state index in [-0.39, 0.29) is 12.2 Å². The molecule has 0 saturated carbocycles. The number of rotatable bonds is 4. The third-order valence-corrected chi connectivity index (χ3v) is 4.39. The lowest BCUT2D eigenvalue weighted by Crippen LogP contribution is -2.60. The number of carbonyl (C=O) groups excluding carboxylic acids is 1. The van der Waals surface area contributed by atoms with Gasteiger partial charge in [0.05, 0.1) is 18.1 Å². The highest BCUT2D eigenvalue weighted by Crippen LogP contribution is 2.35. The number of cyclic esters (lactones) is 1. The highest BCUT2D eigenvalue weighted by molar-refractivity contribution is 5.94. The Bertz CT molecular complexity index is 596. The second-order valence-electron chi connectivity index (χ2n) is 5.89. The molecule has 1 saturated heterocycles. The summed E-state index contributed by atoms with van der Waals surface area (Å²) in [7, 11) is 0. The number of hydrogen-bond acceptors (Lipinski definition) is 9. The van der Waals surface area contributed by atoms with Gasteiger partial charge in [-0.15, -0.1) is 6.58 Å². The zero-order valence-electron chi connectivity index (χ0n) is 13.2. The maximum Gasteiger partial charge on any atom is 0.341 e.